The van der Waals surface area contributed by atoms with E-state index in [1.165, 1.54) is 19.3 Å². The van der Waals surface area contributed by atoms with Crippen LogP contribution in [0.15, 0.2) is 36.5 Å². The van der Waals surface area contributed by atoms with Crippen LogP contribution in [0.2, 0.25) is 0 Å². The molecule has 1 aromatic heterocycles. The fourth-order valence-corrected chi connectivity index (χ4v) is 2.82. The minimum Gasteiger partial charge on any atom is -0.329 e. The fourth-order valence-electron chi connectivity index (χ4n) is 2.82. The summed E-state index contributed by atoms with van der Waals surface area (Å²) in [6.07, 6.45) is 5.75. The summed E-state index contributed by atoms with van der Waals surface area (Å²) in [5.41, 5.74) is 7.91. The summed E-state index contributed by atoms with van der Waals surface area (Å²) in [6.45, 7) is 2.68. The molecule has 2 aromatic rings. The van der Waals surface area contributed by atoms with E-state index in [0.29, 0.717) is 6.04 Å². The van der Waals surface area contributed by atoms with Crippen molar-refractivity contribution in [2.24, 2.45) is 5.73 Å². The van der Waals surface area contributed by atoms with E-state index in [0.717, 1.165) is 31.0 Å². The molecular formula is C15H23Cl2N5. The highest BCUT2D eigenvalue weighted by atomic mass is 35.5. The first-order valence-corrected chi connectivity index (χ1v) is 7.27. The van der Waals surface area contributed by atoms with Gasteiger partial charge in [-0.05, 0) is 31.5 Å². The lowest BCUT2D eigenvalue weighted by molar-refractivity contribution is 0.143. The van der Waals surface area contributed by atoms with Gasteiger partial charge in [-0.3, -0.25) is 4.90 Å². The molecule has 1 fully saturated rings. The van der Waals surface area contributed by atoms with Gasteiger partial charge in [0.2, 0.25) is 0 Å². The van der Waals surface area contributed by atoms with Gasteiger partial charge in [-0.25, -0.2) is 4.68 Å². The van der Waals surface area contributed by atoms with Crippen LogP contribution in [0.3, 0.4) is 0 Å². The lowest BCUT2D eigenvalue weighted by Gasteiger charge is -2.34. The molecule has 122 valence electrons. The normalized spacial score (nSPS) is 18.3. The van der Waals surface area contributed by atoms with Gasteiger partial charge in [0, 0.05) is 19.1 Å². The van der Waals surface area contributed by atoms with Gasteiger partial charge in [0.05, 0.1) is 17.6 Å². The van der Waals surface area contributed by atoms with Crippen LogP contribution in [0.25, 0.3) is 5.69 Å². The third-order valence-corrected chi connectivity index (χ3v) is 3.95. The van der Waals surface area contributed by atoms with Crippen molar-refractivity contribution in [2.75, 3.05) is 13.1 Å². The maximum absolute atomic E-state index is 5.86. The SMILES string of the molecule is Cl.Cl.NCC1CCCCN1Cc1cn(-c2ccccc2)nn1. The van der Waals surface area contributed by atoms with E-state index >= 15 is 0 Å². The number of nitrogens with two attached hydrogens (primary N) is 1. The molecule has 2 N–H and O–H groups in total. The fraction of sp³-hybridized carbons (Fsp3) is 0.467. The van der Waals surface area contributed by atoms with Crippen LogP contribution in [0, 0.1) is 0 Å². The number of hydrogen-bond acceptors (Lipinski definition) is 4. The second kappa shape index (κ2) is 9.10. The second-order valence-corrected chi connectivity index (χ2v) is 5.35. The average molecular weight is 344 g/mol. The van der Waals surface area contributed by atoms with Crippen LogP contribution in [0.4, 0.5) is 0 Å². The number of hydrogen-bond donors (Lipinski definition) is 1. The summed E-state index contributed by atoms with van der Waals surface area (Å²) < 4.78 is 1.83. The molecule has 0 radical (unpaired) electrons. The summed E-state index contributed by atoms with van der Waals surface area (Å²) in [4.78, 5) is 2.43. The first-order valence-electron chi connectivity index (χ1n) is 7.27. The molecule has 2 heterocycles. The molecule has 0 spiro atoms. The van der Waals surface area contributed by atoms with E-state index in [1.54, 1.807) is 0 Å². The molecule has 0 aliphatic carbocycles. The van der Waals surface area contributed by atoms with E-state index in [2.05, 4.69) is 15.2 Å². The van der Waals surface area contributed by atoms with Crippen molar-refractivity contribution in [3.8, 4) is 5.69 Å². The Kier molecular flexibility index (Phi) is 7.82. The Morgan fingerprint density at radius 2 is 1.91 bits per heavy atom. The molecule has 1 aliphatic heterocycles. The molecule has 0 bridgehead atoms. The highest BCUT2D eigenvalue weighted by Gasteiger charge is 2.21. The Hall–Kier alpha value is -1.14. The first-order chi connectivity index (χ1) is 9.86. The molecule has 0 saturated carbocycles. The molecule has 5 nitrogen and oxygen atoms in total. The van der Waals surface area contributed by atoms with Crippen molar-refractivity contribution in [3.63, 3.8) is 0 Å². The van der Waals surface area contributed by atoms with Crippen molar-refractivity contribution in [3.05, 3.63) is 42.2 Å². The van der Waals surface area contributed by atoms with E-state index in [4.69, 9.17) is 5.73 Å². The molecule has 1 unspecified atom stereocenters. The van der Waals surface area contributed by atoms with Crippen molar-refractivity contribution < 1.29 is 0 Å². The number of benzene rings is 1. The summed E-state index contributed by atoms with van der Waals surface area (Å²) in [6, 6.07) is 10.6. The third kappa shape index (κ3) is 4.43. The van der Waals surface area contributed by atoms with Crippen molar-refractivity contribution in [1.82, 2.24) is 19.9 Å². The highest BCUT2D eigenvalue weighted by Crippen LogP contribution is 2.18. The molecule has 1 atom stereocenters. The van der Waals surface area contributed by atoms with Crippen LogP contribution < -0.4 is 5.73 Å². The van der Waals surface area contributed by atoms with E-state index in [9.17, 15) is 0 Å². The predicted molar refractivity (Wildman–Crippen MR) is 93.0 cm³/mol. The zero-order chi connectivity index (χ0) is 13.8. The van der Waals surface area contributed by atoms with Gasteiger partial charge in [0.1, 0.15) is 0 Å². The quantitative estimate of drug-likeness (QED) is 0.925. The highest BCUT2D eigenvalue weighted by molar-refractivity contribution is 5.85. The van der Waals surface area contributed by atoms with Gasteiger partial charge in [0.25, 0.3) is 0 Å². The van der Waals surface area contributed by atoms with Crippen LogP contribution in [-0.4, -0.2) is 39.0 Å². The van der Waals surface area contributed by atoms with Crippen molar-refractivity contribution in [1.29, 1.82) is 0 Å². The Bertz CT molecular complexity index is 546. The summed E-state index contributed by atoms with van der Waals surface area (Å²) in [5.74, 6) is 0. The van der Waals surface area contributed by atoms with Gasteiger partial charge in [0.15, 0.2) is 0 Å². The Morgan fingerprint density at radius 1 is 1.14 bits per heavy atom. The number of piperidine rings is 1. The Balaban J connectivity index is 0.00000121. The monoisotopic (exact) mass is 343 g/mol. The van der Waals surface area contributed by atoms with E-state index < -0.39 is 0 Å². The van der Waals surface area contributed by atoms with Crippen molar-refractivity contribution in [2.45, 2.75) is 31.8 Å². The molecule has 1 aromatic carbocycles. The standard InChI is InChI=1S/C15H21N5.2ClH/c16-10-15-8-4-5-9-19(15)11-13-12-20(18-17-13)14-6-2-1-3-7-14;;/h1-3,6-7,12,15H,4-5,8-11,16H2;2*1H. The Labute approximate surface area is 143 Å². The van der Waals surface area contributed by atoms with Crippen LogP contribution >= 0.6 is 24.8 Å². The topological polar surface area (TPSA) is 60.0 Å². The minimum absolute atomic E-state index is 0. The molecule has 1 saturated heterocycles. The first kappa shape index (κ1) is 18.9. The maximum Gasteiger partial charge on any atom is 0.0971 e. The minimum atomic E-state index is 0. The van der Waals surface area contributed by atoms with E-state index in [-0.39, 0.29) is 24.8 Å². The number of likely N-dealkylation sites (tertiary alicyclic amines) is 1. The second-order valence-electron chi connectivity index (χ2n) is 5.35. The van der Waals surface area contributed by atoms with Crippen molar-refractivity contribution >= 4 is 24.8 Å². The number of aromatic nitrogens is 3. The number of halogens is 2. The van der Waals surface area contributed by atoms with Gasteiger partial charge >= 0.3 is 0 Å². The summed E-state index contributed by atoms with van der Waals surface area (Å²) >= 11 is 0. The number of nitrogens with zero attached hydrogens (tertiary/aromatic N) is 4. The van der Waals surface area contributed by atoms with Gasteiger partial charge < -0.3 is 5.73 Å². The molecule has 3 rings (SSSR count). The molecule has 22 heavy (non-hydrogen) atoms. The Morgan fingerprint density at radius 3 is 2.64 bits per heavy atom. The lowest BCUT2D eigenvalue weighted by Crippen LogP contribution is -2.43. The third-order valence-electron chi connectivity index (χ3n) is 3.95. The zero-order valence-corrected chi connectivity index (χ0v) is 14.1. The molecular weight excluding hydrogens is 321 g/mol. The molecule has 0 amide bonds. The predicted octanol–water partition coefficient (Wildman–Crippen LogP) is 2.42. The summed E-state index contributed by atoms with van der Waals surface area (Å²) in [5, 5.41) is 8.50. The van der Waals surface area contributed by atoms with Gasteiger partial charge in [-0.1, -0.05) is 29.8 Å². The van der Waals surface area contributed by atoms with Gasteiger partial charge in [-0.2, -0.15) is 0 Å². The summed E-state index contributed by atoms with van der Waals surface area (Å²) in [7, 11) is 0. The maximum atomic E-state index is 5.86. The van der Waals surface area contributed by atoms with Crippen LogP contribution in [0.5, 0.6) is 0 Å². The van der Waals surface area contributed by atoms with Crippen LogP contribution in [0.1, 0.15) is 25.0 Å². The largest absolute Gasteiger partial charge is 0.329 e. The molecule has 1 aliphatic rings. The average Bonchev–Trinajstić information content (AvgIpc) is 2.97. The lowest BCUT2D eigenvalue weighted by atomic mass is 10.0. The zero-order valence-electron chi connectivity index (χ0n) is 12.5. The number of rotatable bonds is 4. The number of para-hydroxylation sites is 1. The van der Waals surface area contributed by atoms with Crippen LogP contribution in [-0.2, 0) is 6.54 Å². The van der Waals surface area contributed by atoms with Gasteiger partial charge in [-0.15, -0.1) is 29.9 Å². The molecule has 7 heteroatoms. The smallest absolute Gasteiger partial charge is 0.0971 e. The van der Waals surface area contributed by atoms with E-state index in [1.807, 2.05) is 41.2 Å².